The van der Waals surface area contributed by atoms with Crippen LogP contribution in [0.3, 0.4) is 0 Å². The molecule has 110 valence electrons. The molecular weight excluding hydrogens is 252 g/mol. The van der Waals surface area contributed by atoms with Gasteiger partial charge in [0.1, 0.15) is 0 Å². The molecule has 1 aromatic carbocycles. The summed E-state index contributed by atoms with van der Waals surface area (Å²) in [4.78, 5) is 13.4. The summed E-state index contributed by atoms with van der Waals surface area (Å²) in [5, 5.41) is 3.54. The SMILES string of the molecule is COC1CCC(Nc2ccc(C(=O)N(C)C)cc2)CC1. The molecule has 20 heavy (non-hydrogen) atoms. The molecule has 4 nitrogen and oxygen atoms in total. The third kappa shape index (κ3) is 3.73. The van der Waals surface area contributed by atoms with E-state index in [1.54, 1.807) is 26.1 Å². The number of rotatable bonds is 4. The highest BCUT2D eigenvalue weighted by molar-refractivity contribution is 5.94. The fourth-order valence-electron chi connectivity index (χ4n) is 2.65. The molecule has 1 aliphatic rings. The number of carbonyl (C=O) groups is 1. The molecule has 1 fully saturated rings. The van der Waals surface area contributed by atoms with Crippen molar-refractivity contribution in [2.45, 2.75) is 37.8 Å². The maximum Gasteiger partial charge on any atom is 0.253 e. The van der Waals surface area contributed by atoms with Crippen molar-refractivity contribution < 1.29 is 9.53 Å². The predicted octanol–water partition coefficient (Wildman–Crippen LogP) is 2.76. The lowest BCUT2D eigenvalue weighted by Crippen LogP contribution is -2.29. The van der Waals surface area contributed by atoms with Crippen LogP contribution in [0.5, 0.6) is 0 Å². The lowest BCUT2D eigenvalue weighted by Gasteiger charge is -2.29. The third-order valence-electron chi connectivity index (χ3n) is 3.92. The second-order valence-electron chi connectivity index (χ2n) is 5.63. The largest absolute Gasteiger partial charge is 0.382 e. The Kier molecular flexibility index (Phi) is 5.01. The van der Waals surface area contributed by atoms with Crippen molar-refractivity contribution in [1.82, 2.24) is 4.90 Å². The minimum absolute atomic E-state index is 0.0390. The minimum atomic E-state index is 0.0390. The molecule has 0 bridgehead atoms. The predicted molar refractivity (Wildman–Crippen MR) is 81.1 cm³/mol. The van der Waals surface area contributed by atoms with Gasteiger partial charge in [-0.25, -0.2) is 0 Å². The fourth-order valence-corrected chi connectivity index (χ4v) is 2.65. The molecule has 1 saturated carbocycles. The summed E-state index contributed by atoms with van der Waals surface area (Å²) < 4.78 is 5.38. The zero-order valence-corrected chi connectivity index (χ0v) is 12.6. The smallest absolute Gasteiger partial charge is 0.253 e. The number of ether oxygens (including phenoxy) is 1. The first-order valence-electron chi connectivity index (χ1n) is 7.21. The number of anilines is 1. The van der Waals surface area contributed by atoms with Crippen LogP contribution in [-0.4, -0.2) is 44.2 Å². The van der Waals surface area contributed by atoms with Crippen LogP contribution in [0, 0.1) is 0 Å². The number of hydrogen-bond donors (Lipinski definition) is 1. The Morgan fingerprint density at radius 1 is 1.15 bits per heavy atom. The Morgan fingerprint density at radius 3 is 2.25 bits per heavy atom. The van der Waals surface area contributed by atoms with E-state index in [1.165, 1.54) is 0 Å². The van der Waals surface area contributed by atoms with Crippen molar-refractivity contribution in [2.75, 3.05) is 26.5 Å². The van der Waals surface area contributed by atoms with Crippen LogP contribution in [0.1, 0.15) is 36.0 Å². The highest BCUT2D eigenvalue weighted by Gasteiger charge is 2.20. The zero-order chi connectivity index (χ0) is 14.5. The van der Waals surface area contributed by atoms with E-state index in [9.17, 15) is 4.79 Å². The van der Waals surface area contributed by atoms with Gasteiger partial charge in [0, 0.05) is 38.5 Å². The molecule has 1 aliphatic carbocycles. The summed E-state index contributed by atoms with van der Waals surface area (Å²) in [6.07, 6.45) is 4.93. The lowest BCUT2D eigenvalue weighted by molar-refractivity contribution is 0.0682. The van der Waals surface area contributed by atoms with Crippen LogP contribution in [0.2, 0.25) is 0 Å². The van der Waals surface area contributed by atoms with E-state index < -0.39 is 0 Å². The fraction of sp³-hybridized carbons (Fsp3) is 0.562. The van der Waals surface area contributed by atoms with E-state index in [4.69, 9.17) is 4.74 Å². The van der Waals surface area contributed by atoms with Crippen LogP contribution in [0.15, 0.2) is 24.3 Å². The quantitative estimate of drug-likeness (QED) is 0.919. The van der Waals surface area contributed by atoms with E-state index in [-0.39, 0.29) is 5.91 Å². The van der Waals surface area contributed by atoms with Crippen LogP contribution in [0.25, 0.3) is 0 Å². The lowest BCUT2D eigenvalue weighted by atomic mass is 9.93. The van der Waals surface area contributed by atoms with E-state index >= 15 is 0 Å². The van der Waals surface area contributed by atoms with Gasteiger partial charge < -0.3 is 15.0 Å². The number of hydrogen-bond acceptors (Lipinski definition) is 3. The molecule has 0 spiro atoms. The molecule has 1 N–H and O–H groups in total. The van der Waals surface area contributed by atoms with Crippen molar-refractivity contribution in [1.29, 1.82) is 0 Å². The Labute approximate surface area is 121 Å². The van der Waals surface area contributed by atoms with Gasteiger partial charge in [-0.3, -0.25) is 4.79 Å². The number of carbonyl (C=O) groups excluding carboxylic acids is 1. The topological polar surface area (TPSA) is 41.6 Å². The highest BCUT2D eigenvalue weighted by atomic mass is 16.5. The first-order valence-corrected chi connectivity index (χ1v) is 7.21. The van der Waals surface area contributed by atoms with Gasteiger partial charge in [-0.1, -0.05) is 0 Å². The molecule has 0 aromatic heterocycles. The van der Waals surface area contributed by atoms with E-state index in [2.05, 4.69) is 5.32 Å². The summed E-state index contributed by atoms with van der Waals surface area (Å²) in [5.41, 5.74) is 1.81. The summed E-state index contributed by atoms with van der Waals surface area (Å²) in [5.74, 6) is 0.0390. The van der Waals surface area contributed by atoms with Gasteiger partial charge in [0.25, 0.3) is 5.91 Å². The van der Waals surface area contributed by atoms with Gasteiger partial charge in [-0.05, 0) is 49.9 Å². The average molecular weight is 276 g/mol. The van der Waals surface area contributed by atoms with Gasteiger partial charge in [-0.15, -0.1) is 0 Å². The first-order chi connectivity index (χ1) is 9.60. The number of benzene rings is 1. The molecule has 1 amide bonds. The van der Waals surface area contributed by atoms with Gasteiger partial charge in [0.05, 0.1) is 6.10 Å². The minimum Gasteiger partial charge on any atom is -0.382 e. The van der Waals surface area contributed by atoms with Gasteiger partial charge in [0.2, 0.25) is 0 Å². The van der Waals surface area contributed by atoms with Gasteiger partial charge in [-0.2, -0.15) is 0 Å². The molecule has 2 rings (SSSR count). The molecular formula is C16H24N2O2. The Balaban J connectivity index is 1.90. The van der Waals surface area contributed by atoms with Crippen LogP contribution >= 0.6 is 0 Å². The molecule has 0 aliphatic heterocycles. The summed E-state index contributed by atoms with van der Waals surface area (Å²) in [7, 11) is 5.32. The first kappa shape index (κ1) is 14.9. The van der Waals surface area contributed by atoms with E-state index in [0.717, 1.165) is 36.9 Å². The van der Waals surface area contributed by atoms with Crippen LogP contribution in [0.4, 0.5) is 5.69 Å². The second-order valence-corrected chi connectivity index (χ2v) is 5.63. The normalized spacial score (nSPS) is 22.4. The average Bonchev–Trinajstić information content (AvgIpc) is 2.48. The number of amides is 1. The van der Waals surface area contributed by atoms with Gasteiger partial charge in [0.15, 0.2) is 0 Å². The van der Waals surface area contributed by atoms with Gasteiger partial charge >= 0.3 is 0 Å². The highest BCUT2D eigenvalue weighted by Crippen LogP contribution is 2.24. The van der Waals surface area contributed by atoms with Crippen LogP contribution in [-0.2, 0) is 4.74 Å². The number of nitrogens with one attached hydrogen (secondary N) is 1. The summed E-state index contributed by atoms with van der Waals surface area (Å²) >= 11 is 0. The van der Waals surface area contributed by atoms with Crippen LogP contribution < -0.4 is 5.32 Å². The van der Waals surface area contributed by atoms with Crippen molar-refractivity contribution in [3.63, 3.8) is 0 Å². The molecule has 0 atom stereocenters. The molecule has 0 radical (unpaired) electrons. The maximum absolute atomic E-state index is 11.8. The molecule has 4 heteroatoms. The van der Waals surface area contributed by atoms with E-state index in [1.807, 2.05) is 24.3 Å². The summed E-state index contributed by atoms with van der Waals surface area (Å²) in [6, 6.07) is 8.24. The standard InChI is InChI=1S/C16H24N2O2/c1-18(2)16(19)12-4-6-13(7-5-12)17-14-8-10-15(20-3)11-9-14/h4-7,14-15,17H,8-11H2,1-3H3. The Morgan fingerprint density at radius 2 is 1.75 bits per heavy atom. The second kappa shape index (κ2) is 6.75. The Bertz CT molecular complexity index is 434. The van der Waals surface area contributed by atoms with Crippen molar-refractivity contribution in [3.05, 3.63) is 29.8 Å². The molecule has 0 unspecified atom stereocenters. The molecule has 1 aromatic rings. The molecule has 0 heterocycles. The number of methoxy groups -OCH3 is 1. The van der Waals surface area contributed by atoms with Crippen molar-refractivity contribution in [3.8, 4) is 0 Å². The third-order valence-corrected chi connectivity index (χ3v) is 3.92. The number of nitrogens with zero attached hydrogens (tertiary/aromatic N) is 1. The maximum atomic E-state index is 11.8. The monoisotopic (exact) mass is 276 g/mol. The van der Waals surface area contributed by atoms with Crippen molar-refractivity contribution in [2.24, 2.45) is 0 Å². The molecule has 0 saturated heterocycles. The zero-order valence-electron chi connectivity index (χ0n) is 12.6. The summed E-state index contributed by atoms with van der Waals surface area (Å²) in [6.45, 7) is 0. The Hall–Kier alpha value is -1.55. The van der Waals surface area contributed by atoms with Crippen molar-refractivity contribution >= 4 is 11.6 Å². The van der Waals surface area contributed by atoms with E-state index in [0.29, 0.717) is 12.1 Å².